The Morgan fingerprint density at radius 2 is 1.95 bits per heavy atom. The van der Waals surface area contributed by atoms with E-state index < -0.39 is 15.6 Å². The number of benzene rings is 1. The molecular formula is C13H15F2N3O2S. The molecule has 1 aromatic heterocycles. The largest absolute Gasteiger partial charge is 0.381 e. The average Bonchev–Trinajstić information content (AvgIpc) is 2.93. The molecule has 0 aliphatic heterocycles. The Morgan fingerprint density at radius 3 is 2.48 bits per heavy atom. The van der Waals surface area contributed by atoms with E-state index in [-0.39, 0.29) is 4.90 Å². The molecule has 2 aromatic rings. The molecule has 0 bridgehead atoms. The van der Waals surface area contributed by atoms with Gasteiger partial charge in [-0.25, -0.2) is 8.42 Å². The van der Waals surface area contributed by atoms with E-state index in [1.165, 1.54) is 24.3 Å². The fraction of sp³-hybridized carbons (Fsp3) is 0.308. The van der Waals surface area contributed by atoms with Crippen LogP contribution in [0.2, 0.25) is 0 Å². The number of anilines is 1. The minimum Gasteiger partial charge on any atom is -0.381 e. The van der Waals surface area contributed by atoms with Gasteiger partial charge in [0, 0.05) is 30.5 Å². The molecule has 0 saturated heterocycles. The molecule has 0 radical (unpaired) electrons. The predicted molar refractivity (Wildman–Crippen MR) is 74.9 cm³/mol. The van der Waals surface area contributed by atoms with Gasteiger partial charge in [-0.2, -0.15) is 13.9 Å². The molecule has 0 spiro atoms. The van der Waals surface area contributed by atoms with Gasteiger partial charge < -0.3 is 5.32 Å². The SMILES string of the molecule is CCn1cc(CNc2ccc(S(=O)(=O)C(F)F)cc2)cn1. The van der Waals surface area contributed by atoms with Crippen molar-refractivity contribution >= 4 is 15.5 Å². The highest BCUT2D eigenvalue weighted by atomic mass is 32.2. The summed E-state index contributed by atoms with van der Waals surface area (Å²) in [6.07, 6.45) is 3.62. The van der Waals surface area contributed by atoms with Crippen LogP contribution in [0.3, 0.4) is 0 Å². The Morgan fingerprint density at radius 1 is 1.29 bits per heavy atom. The molecule has 0 aliphatic rings. The fourth-order valence-electron chi connectivity index (χ4n) is 1.74. The van der Waals surface area contributed by atoms with Gasteiger partial charge in [-0.3, -0.25) is 4.68 Å². The first-order valence-electron chi connectivity index (χ1n) is 6.31. The van der Waals surface area contributed by atoms with E-state index >= 15 is 0 Å². The number of sulfone groups is 1. The summed E-state index contributed by atoms with van der Waals surface area (Å²) in [7, 11) is -4.54. The van der Waals surface area contributed by atoms with Gasteiger partial charge >= 0.3 is 5.76 Å². The van der Waals surface area contributed by atoms with Gasteiger partial charge in [0.25, 0.3) is 0 Å². The summed E-state index contributed by atoms with van der Waals surface area (Å²) >= 11 is 0. The zero-order valence-corrected chi connectivity index (χ0v) is 12.1. The van der Waals surface area contributed by atoms with Crippen molar-refractivity contribution in [1.29, 1.82) is 0 Å². The minimum absolute atomic E-state index is 0.387. The van der Waals surface area contributed by atoms with E-state index in [1.807, 2.05) is 13.1 Å². The van der Waals surface area contributed by atoms with Crippen LogP contribution in [0.1, 0.15) is 12.5 Å². The number of nitrogens with zero attached hydrogens (tertiary/aromatic N) is 2. The van der Waals surface area contributed by atoms with Crippen molar-refractivity contribution in [3.63, 3.8) is 0 Å². The molecule has 2 rings (SSSR count). The molecule has 1 heterocycles. The molecule has 1 aromatic carbocycles. The third kappa shape index (κ3) is 3.57. The number of alkyl halides is 2. The van der Waals surface area contributed by atoms with Crippen molar-refractivity contribution < 1.29 is 17.2 Å². The lowest BCUT2D eigenvalue weighted by Crippen LogP contribution is -2.11. The van der Waals surface area contributed by atoms with E-state index in [9.17, 15) is 17.2 Å². The number of halogens is 2. The molecule has 0 saturated carbocycles. The molecule has 8 heteroatoms. The van der Waals surface area contributed by atoms with Crippen LogP contribution in [0.15, 0.2) is 41.6 Å². The Balaban J connectivity index is 2.03. The lowest BCUT2D eigenvalue weighted by Gasteiger charge is -2.07. The van der Waals surface area contributed by atoms with Crippen LogP contribution >= 0.6 is 0 Å². The number of hydrogen-bond acceptors (Lipinski definition) is 4. The van der Waals surface area contributed by atoms with Crippen molar-refractivity contribution in [3.8, 4) is 0 Å². The molecule has 21 heavy (non-hydrogen) atoms. The fourth-order valence-corrected chi connectivity index (χ4v) is 2.46. The zero-order chi connectivity index (χ0) is 15.5. The zero-order valence-electron chi connectivity index (χ0n) is 11.3. The Kier molecular flexibility index (Phi) is 4.56. The maximum Gasteiger partial charge on any atom is 0.341 e. The predicted octanol–water partition coefficient (Wildman–Crippen LogP) is 2.51. The normalized spacial score (nSPS) is 11.8. The maximum atomic E-state index is 12.4. The lowest BCUT2D eigenvalue weighted by atomic mass is 10.3. The third-order valence-corrected chi connectivity index (χ3v) is 4.32. The second-order valence-corrected chi connectivity index (χ2v) is 6.31. The van der Waals surface area contributed by atoms with Gasteiger partial charge in [0.1, 0.15) is 0 Å². The highest BCUT2D eigenvalue weighted by Gasteiger charge is 2.26. The van der Waals surface area contributed by atoms with Crippen LogP contribution in [-0.2, 0) is 22.9 Å². The average molecular weight is 315 g/mol. The Bertz CT molecular complexity index is 696. The number of rotatable bonds is 6. The summed E-state index contributed by atoms with van der Waals surface area (Å²) < 4.78 is 49.1. The molecule has 0 fully saturated rings. The highest BCUT2D eigenvalue weighted by molar-refractivity contribution is 7.91. The van der Waals surface area contributed by atoms with Gasteiger partial charge in [-0.05, 0) is 31.2 Å². The maximum absolute atomic E-state index is 12.4. The quantitative estimate of drug-likeness (QED) is 0.889. The third-order valence-electron chi connectivity index (χ3n) is 2.92. The molecule has 0 amide bonds. The summed E-state index contributed by atoms with van der Waals surface area (Å²) in [5.74, 6) is -3.41. The van der Waals surface area contributed by atoms with Crippen molar-refractivity contribution in [1.82, 2.24) is 9.78 Å². The molecule has 0 unspecified atom stereocenters. The second kappa shape index (κ2) is 6.21. The first-order chi connectivity index (χ1) is 9.93. The summed E-state index contributed by atoms with van der Waals surface area (Å²) in [6.45, 7) is 3.27. The molecule has 0 aliphatic carbocycles. The van der Waals surface area contributed by atoms with Gasteiger partial charge in [-0.15, -0.1) is 0 Å². The number of aromatic nitrogens is 2. The summed E-state index contributed by atoms with van der Waals surface area (Å²) in [4.78, 5) is -0.387. The molecule has 5 nitrogen and oxygen atoms in total. The van der Waals surface area contributed by atoms with Crippen LogP contribution in [0.4, 0.5) is 14.5 Å². The summed E-state index contributed by atoms with van der Waals surface area (Å²) in [5.41, 5.74) is 1.62. The monoisotopic (exact) mass is 315 g/mol. The smallest absolute Gasteiger partial charge is 0.341 e. The van der Waals surface area contributed by atoms with E-state index in [0.717, 1.165) is 12.1 Å². The van der Waals surface area contributed by atoms with Crippen molar-refractivity contribution in [3.05, 3.63) is 42.2 Å². The number of nitrogens with one attached hydrogen (secondary N) is 1. The first kappa shape index (κ1) is 15.4. The van der Waals surface area contributed by atoms with E-state index in [0.29, 0.717) is 12.2 Å². The van der Waals surface area contributed by atoms with E-state index in [2.05, 4.69) is 10.4 Å². The van der Waals surface area contributed by atoms with E-state index in [4.69, 9.17) is 0 Å². The molecule has 0 atom stereocenters. The van der Waals surface area contributed by atoms with Crippen molar-refractivity contribution in [2.75, 3.05) is 5.32 Å². The van der Waals surface area contributed by atoms with Crippen molar-refractivity contribution in [2.45, 2.75) is 30.7 Å². The van der Waals surface area contributed by atoms with Crippen LogP contribution in [0, 0.1) is 0 Å². The Hall–Kier alpha value is -1.96. The second-order valence-electron chi connectivity index (χ2n) is 4.39. The van der Waals surface area contributed by atoms with Crippen molar-refractivity contribution in [2.24, 2.45) is 0 Å². The molecule has 114 valence electrons. The van der Waals surface area contributed by atoms with Gasteiger partial charge in [-0.1, -0.05) is 0 Å². The molecular weight excluding hydrogens is 300 g/mol. The first-order valence-corrected chi connectivity index (χ1v) is 7.85. The topological polar surface area (TPSA) is 64.0 Å². The van der Waals surface area contributed by atoms with Gasteiger partial charge in [0.2, 0.25) is 9.84 Å². The van der Waals surface area contributed by atoms with E-state index in [1.54, 1.807) is 10.9 Å². The highest BCUT2D eigenvalue weighted by Crippen LogP contribution is 2.20. The Labute approximate surface area is 121 Å². The van der Waals surface area contributed by atoms with Crippen LogP contribution in [0.5, 0.6) is 0 Å². The van der Waals surface area contributed by atoms with Crippen LogP contribution in [-0.4, -0.2) is 24.0 Å². The molecule has 1 N–H and O–H groups in total. The lowest BCUT2D eigenvalue weighted by molar-refractivity contribution is 0.234. The summed E-state index contributed by atoms with van der Waals surface area (Å²) in [6, 6.07) is 5.25. The number of aryl methyl sites for hydroxylation is 1. The van der Waals surface area contributed by atoms with Crippen LogP contribution < -0.4 is 5.32 Å². The number of hydrogen-bond donors (Lipinski definition) is 1. The van der Waals surface area contributed by atoms with Crippen LogP contribution in [0.25, 0.3) is 0 Å². The standard InChI is InChI=1S/C13H15F2N3O2S/c1-2-18-9-10(8-17-18)7-16-11-3-5-12(6-4-11)21(19,20)13(14)15/h3-6,8-9,13,16H,2,7H2,1H3. The van der Waals surface area contributed by atoms with Gasteiger partial charge in [0.05, 0.1) is 11.1 Å². The minimum atomic E-state index is -4.54. The summed E-state index contributed by atoms with van der Waals surface area (Å²) in [5, 5.41) is 7.20. The van der Waals surface area contributed by atoms with Gasteiger partial charge in [0.15, 0.2) is 0 Å².